The zero-order valence-electron chi connectivity index (χ0n) is 16.9. The van der Waals surface area contributed by atoms with Crippen LogP contribution in [0.25, 0.3) is 6.08 Å². The van der Waals surface area contributed by atoms with Crippen molar-refractivity contribution in [3.63, 3.8) is 0 Å². The molecule has 0 amide bonds. The third-order valence-corrected chi connectivity index (χ3v) is 5.11. The Hall–Kier alpha value is -2.46. The molecule has 1 unspecified atom stereocenters. The van der Waals surface area contributed by atoms with Crippen LogP contribution in [0, 0.1) is 0 Å². The van der Waals surface area contributed by atoms with Crippen LogP contribution < -0.4 is 14.6 Å². The number of anilines is 2. The smallest absolute Gasteiger partial charge is 0.205 e. The Morgan fingerprint density at radius 3 is 2.19 bits per heavy atom. The van der Waals surface area contributed by atoms with Crippen molar-refractivity contribution in [2.45, 2.75) is 33.9 Å². The van der Waals surface area contributed by atoms with Crippen LogP contribution in [-0.4, -0.2) is 37.4 Å². The van der Waals surface area contributed by atoms with Crippen LogP contribution in [0.1, 0.15) is 33.3 Å². The van der Waals surface area contributed by atoms with Gasteiger partial charge in [-0.15, -0.1) is 0 Å². The first-order valence-corrected chi connectivity index (χ1v) is 10.0. The van der Waals surface area contributed by atoms with Gasteiger partial charge in [-0.2, -0.15) is 0 Å². The lowest BCUT2D eigenvalue weighted by Gasteiger charge is -2.33. The van der Waals surface area contributed by atoms with E-state index in [1.54, 1.807) is 0 Å². The molecule has 4 nitrogen and oxygen atoms in total. The van der Waals surface area contributed by atoms with Gasteiger partial charge < -0.3 is 9.64 Å². The van der Waals surface area contributed by atoms with Gasteiger partial charge in [0.1, 0.15) is 5.75 Å². The Morgan fingerprint density at radius 1 is 0.889 bits per heavy atom. The summed E-state index contributed by atoms with van der Waals surface area (Å²) >= 11 is 0. The van der Waals surface area contributed by atoms with Crippen molar-refractivity contribution in [1.29, 1.82) is 0 Å². The summed E-state index contributed by atoms with van der Waals surface area (Å²) in [4.78, 5) is 2.35. The van der Waals surface area contributed by atoms with Crippen LogP contribution in [0.2, 0.25) is 0 Å². The van der Waals surface area contributed by atoms with Gasteiger partial charge in [-0.3, -0.25) is 5.01 Å². The summed E-state index contributed by atoms with van der Waals surface area (Å²) < 4.78 is 6.21. The topological polar surface area (TPSA) is 19.0 Å². The highest BCUT2D eigenvalue weighted by Gasteiger charge is 2.32. The molecule has 144 valence electrons. The molecule has 0 saturated carbocycles. The second kappa shape index (κ2) is 8.96. The summed E-state index contributed by atoms with van der Waals surface area (Å²) in [7, 11) is 0. The molecule has 4 heteroatoms. The van der Waals surface area contributed by atoms with Crippen molar-refractivity contribution in [3.05, 3.63) is 60.2 Å². The van der Waals surface area contributed by atoms with Gasteiger partial charge in [0.05, 0.1) is 5.69 Å². The predicted octanol–water partition coefficient (Wildman–Crippen LogP) is 5.03. The number of para-hydroxylation sites is 2. The van der Waals surface area contributed by atoms with E-state index in [0.717, 1.165) is 37.6 Å². The van der Waals surface area contributed by atoms with Crippen LogP contribution in [0.3, 0.4) is 0 Å². The minimum atomic E-state index is -0.121. The molecule has 0 radical (unpaired) electrons. The van der Waals surface area contributed by atoms with Crippen molar-refractivity contribution in [2.75, 3.05) is 36.1 Å². The fraction of sp³-hybridized carbons (Fsp3) is 0.391. The SMILES string of the molecule is CCN(CC)c1ccc(/C=C/C2Oc3ccccc3N2N(CC)CC)cc1. The standard InChI is InChI=1S/C23H31N3O/c1-5-24(6-2)20-16-13-19(14-17-20)15-18-23-26(25(7-3)8-4)21-11-9-10-12-22(21)27-23/h9-18,23H,5-8H2,1-4H3/b18-15+. The first kappa shape index (κ1) is 19.3. The molecule has 1 aliphatic heterocycles. The fourth-order valence-corrected chi connectivity index (χ4v) is 3.60. The molecule has 0 saturated heterocycles. The third kappa shape index (κ3) is 4.11. The summed E-state index contributed by atoms with van der Waals surface area (Å²) in [5.74, 6) is 0.941. The van der Waals surface area contributed by atoms with Crippen LogP contribution in [0.5, 0.6) is 5.75 Å². The van der Waals surface area contributed by atoms with Crippen molar-refractivity contribution >= 4 is 17.5 Å². The molecule has 0 aromatic heterocycles. The maximum absolute atomic E-state index is 6.21. The molecular weight excluding hydrogens is 334 g/mol. The number of nitrogens with zero attached hydrogens (tertiary/aromatic N) is 3. The summed E-state index contributed by atoms with van der Waals surface area (Å²) in [6.45, 7) is 12.7. The van der Waals surface area contributed by atoms with Gasteiger partial charge in [0.2, 0.25) is 6.23 Å². The average molecular weight is 366 g/mol. The van der Waals surface area contributed by atoms with Gasteiger partial charge in [-0.05, 0) is 49.8 Å². The van der Waals surface area contributed by atoms with E-state index < -0.39 is 0 Å². The molecule has 1 atom stereocenters. The van der Waals surface area contributed by atoms with E-state index in [1.807, 2.05) is 12.1 Å². The van der Waals surface area contributed by atoms with Gasteiger partial charge in [0.15, 0.2) is 0 Å². The monoisotopic (exact) mass is 365 g/mol. The summed E-state index contributed by atoms with van der Waals surface area (Å²) in [5.41, 5.74) is 3.59. The molecule has 3 rings (SSSR count). The molecule has 0 spiro atoms. The number of hydrazine groups is 1. The number of fused-ring (bicyclic) bond motifs is 1. The Kier molecular flexibility index (Phi) is 6.40. The zero-order valence-corrected chi connectivity index (χ0v) is 16.9. The lowest BCUT2D eigenvalue weighted by molar-refractivity contribution is 0.175. The van der Waals surface area contributed by atoms with Crippen molar-refractivity contribution < 1.29 is 4.74 Å². The minimum Gasteiger partial charge on any atom is -0.463 e. The van der Waals surface area contributed by atoms with Gasteiger partial charge >= 0.3 is 0 Å². The lowest BCUT2D eigenvalue weighted by atomic mass is 10.1. The lowest BCUT2D eigenvalue weighted by Crippen LogP contribution is -2.47. The molecule has 0 bridgehead atoms. The predicted molar refractivity (Wildman–Crippen MR) is 115 cm³/mol. The van der Waals surface area contributed by atoms with E-state index in [0.29, 0.717) is 0 Å². The molecule has 27 heavy (non-hydrogen) atoms. The Balaban J connectivity index is 1.79. The van der Waals surface area contributed by atoms with Crippen molar-refractivity contribution in [1.82, 2.24) is 5.01 Å². The van der Waals surface area contributed by atoms with Gasteiger partial charge in [0, 0.05) is 31.9 Å². The first-order valence-electron chi connectivity index (χ1n) is 10.0. The molecular formula is C23H31N3O. The maximum Gasteiger partial charge on any atom is 0.205 e. The zero-order chi connectivity index (χ0) is 19.2. The molecule has 2 aromatic rings. The number of benzene rings is 2. The first-order chi connectivity index (χ1) is 13.2. The van der Waals surface area contributed by atoms with Gasteiger partial charge in [-0.25, -0.2) is 5.01 Å². The molecule has 2 aromatic carbocycles. The Bertz CT molecular complexity index is 748. The Morgan fingerprint density at radius 2 is 1.56 bits per heavy atom. The van der Waals surface area contributed by atoms with E-state index in [1.165, 1.54) is 11.3 Å². The summed E-state index contributed by atoms with van der Waals surface area (Å²) in [6.07, 6.45) is 4.17. The normalized spacial score (nSPS) is 16.0. The van der Waals surface area contributed by atoms with Crippen LogP contribution in [-0.2, 0) is 0 Å². The van der Waals surface area contributed by atoms with Gasteiger partial charge in [0.25, 0.3) is 0 Å². The molecule has 0 N–H and O–H groups in total. The molecule has 1 heterocycles. The number of rotatable bonds is 8. The second-order valence-electron chi connectivity index (χ2n) is 6.58. The molecule has 0 fully saturated rings. The summed E-state index contributed by atoms with van der Waals surface area (Å²) in [6, 6.07) is 17.0. The van der Waals surface area contributed by atoms with E-state index >= 15 is 0 Å². The Labute approximate surface area is 163 Å². The van der Waals surface area contributed by atoms with E-state index in [-0.39, 0.29) is 6.23 Å². The maximum atomic E-state index is 6.21. The second-order valence-corrected chi connectivity index (χ2v) is 6.58. The van der Waals surface area contributed by atoms with Crippen molar-refractivity contribution in [2.24, 2.45) is 0 Å². The quantitative estimate of drug-likeness (QED) is 0.653. The largest absolute Gasteiger partial charge is 0.463 e. The average Bonchev–Trinajstić information content (AvgIpc) is 3.08. The van der Waals surface area contributed by atoms with E-state index in [9.17, 15) is 0 Å². The number of hydrogen-bond acceptors (Lipinski definition) is 4. The highest BCUT2D eigenvalue weighted by molar-refractivity contribution is 5.64. The van der Waals surface area contributed by atoms with Crippen LogP contribution in [0.15, 0.2) is 54.6 Å². The number of ether oxygens (including phenoxy) is 1. The highest BCUT2D eigenvalue weighted by Crippen LogP contribution is 2.38. The molecule has 1 aliphatic rings. The van der Waals surface area contributed by atoms with Crippen LogP contribution in [0.4, 0.5) is 11.4 Å². The van der Waals surface area contributed by atoms with Gasteiger partial charge in [-0.1, -0.05) is 44.2 Å². The summed E-state index contributed by atoms with van der Waals surface area (Å²) in [5, 5.41) is 4.57. The fourth-order valence-electron chi connectivity index (χ4n) is 3.60. The minimum absolute atomic E-state index is 0.121. The van der Waals surface area contributed by atoms with E-state index in [2.05, 4.69) is 91.2 Å². The third-order valence-electron chi connectivity index (χ3n) is 5.11. The highest BCUT2D eigenvalue weighted by atomic mass is 16.5. The molecule has 0 aliphatic carbocycles. The van der Waals surface area contributed by atoms with Crippen LogP contribution >= 0.6 is 0 Å². The number of hydrogen-bond donors (Lipinski definition) is 0. The van der Waals surface area contributed by atoms with E-state index in [4.69, 9.17) is 4.74 Å². The van der Waals surface area contributed by atoms with Crippen molar-refractivity contribution in [3.8, 4) is 5.75 Å².